The molecule has 0 amide bonds. The molecule has 1 aromatic rings. The number of rotatable bonds is 5. The third kappa shape index (κ3) is 3.27. The van der Waals surface area contributed by atoms with Crippen LogP contribution in [0.4, 0.5) is 0 Å². The van der Waals surface area contributed by atoms with E-state index in [9.17, 15) is 0 Å². The van der Waals surface area contributed by atoms with E-state index in [0.29, 0.717) is 9.76 Å². The maximum Gasteiger partial charge on any atom is 0.167 e. The van der Waals surface area contributed by atoms with E-state index in [4.69, 9.17) is 11.6 Å². The van der Waals surface area contributed by atoms with Crippen LogP contribution in [0, 0.1) is 0 Å². The zero-order valence-electron chi connectivity index (χ0n) is 7.63. The van der Waals surface area contributed by atoms with Crippen molar-refractivity contribution >= 4 is 27.5 Å². The van der Waals surface area contributed by atoms with Crippen molar-refractivity contribution in [2.24, 2.45) is 0 Å². The van der Waals surface area contributed by atoms with Gasteiger partial charge in [-0.15, -0.1) is 5.10 Å². The van der Waals surface area contributed by atoms with Crippen molar-refractivity contribution in [3.63, 3.8) is 0 Å². The summed E-state index contributed by atoms with van der Waals surface area (Å²) in [5.74, 6) is 0. The minimum atomic E-state index is 0.594. The van der Waals surface area contributed by atoms with E-state index >= 15 is 0 Å². The van der Waals surface area contributed by atoms with Gasteiger partial charge in [0.1, 0.15) is 0 Å². The molecule has 0 bridgehead atoms. The Morgan fingerprint density at radius 3 is 2.69 bits per heavy atom. The lowest BCUT2D eigenvalue weighted by Crippen LogP contribution is -2.00. The number of unbranched alkanes of at least 4 members (excludes halogenated alkanes) is 3. The summed E-state index contributed by atoms with van der Waals surface area (Å²) in [6.07, 6.45) is 4.86. The smallest absolute Gasteiger partial charge is 0.167 e. The average molecular weight is 267 g/mol. The predicted molar refractivity (Wildman–Crippen MR) is 56.9 cm³/mol. The van der Waals surface area contributed by atoms with Crippen molar-refractivity contribution in [3.05, 3.63) is 9.76 Å². The van der Waals surface area contributed by atoms with Gasteiger partial charge in [0.05, 0.1) is 0 Å². The molecule has 0 aliphatic rings. The summed E-state index contributed by atoms with van der Waals surface area (Å²) >= 11 is 9.12. The van der Waals surface area contributed by atoms with Crippen molar-refractivity contribution in [1.82, 2.24) is 15.0 Å². The van der Waals surface area contributed by atoms with Gasteiger partial charge < -0.3 is 0 Å². The maximum atomic E-state index is 5.91. The molecule has 0 spiro atoms. The molecule has 0 atom stereocenters. The van der Waals surface area contributed by atoms with Crippen LogP contribution >= 0.6 is 27.5 Å². The quantitative estimate of drug-likeness (QED) is 0.766. The highest BCUT2D eigenvalue weighted by Gasteiger charge is 2.06. The van der Waals surface area contributed by atoms with Crippen LogP contribution in [0.3, 0.4) is 0 Å². The van der Waals surface area contributed by atoms with Crippen LogP contribution in [-0.4, -0.2) is 15.0 Å². The highest BCUT2D eigenvalue weighted by atomic mass is 79.9. The number of halogens is 2. The number of aromatic nitrogens is 3. The second-order valence-electron chi connectivity index (χ2n) is 2.95. The van der Waals surface area contributed by atoms with Gasteiger partial charge in [0.2, 0.25) is 0 Å². The van der Waals surface area contributed by atoms with Crippen LogP contribution in [-0.2, 0) is 6.54 Å². The largest absolute Gasteiger partial charge is 0.233 e. The molecular weight excluding hydrogens is 253 g/mol. The first kappa shape index (κ1) is 11.0. The van der Waals surface area contributed by atoms with Crippen molar-refractivity contribution < 1.29 is 0 Å². The van der Waals surface area contributed by atoms with Gasteiger partial charge in [0.25, 0.3) is 0 Å². The molecule has 0 aliphatic heterocycles. The van der Waals surface area contributed by atoms with E-state index in [0.717, 1.165) is 13.0 Å². The fraction of sp³-hybridized carbons (Fsp3) is 0.750. The van der Waals surface area contributed by atoms with E-state index in [1.807, 2.05) is 0 Å². The highest BCUT2D eigenvalue weighted by molar-refractivity contribution is 9.10. The minimum Gasteiger partial charge on any atom is -0.233 e. The monoisotopic (exact) mass is 265 g/mol. The van der Waals surface area contributed by atoms with Crippen molar-refractivity contribution in [2.75, 3.05) is 0 Å². The second-order valence-corrected chi connectivity index (χ2v) is 4.06. The van der Waals surface area contributed by atoms with E-state index in [2.05, 4.69) is 33.2 Å². The van der Waals surface area contributed by atoms with E-state index in [1.54, 1.807) is 4.68 Å². The lowest BCUT2D eigenvalue weighted by Gasteiger charge is -2.00. The molecule has 0 saturated heterocycles. The molecule has 0 unspecified atom stereocenters. The summed E-state index contributed by atoms with van der Waals surface area (Å²) in [7, 11) is 0. The maximum absolute atomic E-state index is 5.91. The third-order valence-corrected chi connectivity index (χ3v) is 3.00. The number of aryl methyl sites for hydroxylation is 1. The Balaban J connectivity index is 2.32. The highest BCUT2D eigenvalue weighted by Crippen LogP contribution is 2.18. The van der Waals surface area contributed by atoms with Crippen LogP contribution in [0.1, 0.15) is 32.6 Å². The normalized spacial score (nSPS) is 10.7. The molecule has 0 N–H and O–H groups in total. The summed E-state index contributed by atoms with van der Waals surface area (Å²) in [4.78, 5) is 0. The zero-order valence-corrected chi connectivity index (χ0v) is 9.98. The molecule has 0 aromatic carbocycles. The fourth-order valence-corrected chi connectivity index (χ4v) is 1.54. The van der Waals surface area contributed by atoms with Gasteiger partial charge in [0, 0.05) is 6.54 Å². The van der Waals surface area contributed by atoms with Gasteiger partial charge in [-0.2, -0.15) is 0 Å². The Hall–Kier alpha value is -0.0900. The third-order valence-electron chi connectivity index (χ3n) is 1.86. The molecule has 0 fully saturated rings. The first-order chi connectivity index (χ1) is 6.25. The Kier molecular flexibility index (Phi) is 4.73. The van der Waals surface area contributed by atoms with Crippen LogP contribution in [0.25, 0.3) is 0 Å². The lowest BCUT2D eigenvalue weighted by molar-refractivity contribution is 0.528. The molecular formula is C8H13BrClN3. The van der Waals surface area contributed by atoms with Gasteiger partial charge in [-0.05, 0) is 22.4 Å². The Bertz CT molecular complexity index is 262. The standard InChI is InChI=1S/C8H13BrClN3/c1-2-3-4-5-6-13-8(10)7(9)11-12-13/h2-6H2,1H3. The summed E-state index contributed by atoms with van der Waals surface area (Å²) in [5, 5.41) is 8.31. The molecule has 1 aromatic heterocycles. The van der Waals surface area contributed by atoms with Crippen molar-refractivity contribution in [2.45, 2.75) is 39.2 Å². The molecule has 1 heterocycles. The van der Waals surface area contributed by atoms with E-state index in [1.165, 1.54) is 19.3 Å². The molecule has 5 heteroatoms. The van der Waals surface area contributed by atoms with Crippen molar-refractivity contribution in [1.29, 1.82) is 0 Å². The predicted octanol–water partition coefficient (Wildman–Crippen LogP) is 3.27. The number of nitrogens with zero attached hydrogens (tertiary/aromatic N) is 3. The zero-order chi connectivity index (χ0) is 9.68. The van der Waals surface area contributed by atoms with Crippen molar-refractivity contribution in [3.8, 4) is 0 Å². The topological polar surface area (TPSA) is 30.7 Å². The van der Waals surface area contributed by atoms with E-state index in [-0.39, 0.29) is 0 Å². The van der Waals surface area contributed by atoms with Crippen LogP contribution in [0.15, 0.2) is 4.60 Å². The lowest BCUT2D eigenvalue weighted by atomic mass is 10.2. The number of hydrogen-bond donors (Lipinski definition) is 0. The molecule has 0 aliphatic carbocycles. The summed E-state index contributed by atoms with van der Waals surface area (Å²) in [6, 6.07) is 0. The van der Waals surface area contributed by atoms with Gasteiger partial charge >= 0.3 is 0 Å². The molecule has 0 radical (unpaired) electrons. The molecule has 74 valence electrons. The van der Waals surface area contributed by atoms with Gasteiger partial charge in [-0.1, -0.05) is 43.0 Å². The van der Waals surface area contributed by atoms with Crippen LogP contribution in [0.5, 0.6) is 0 Å². The molecule has 13 heavy (non-hydrogen) atoms. The Morgan fingerprint density at radius 1 is 1.38 bits per heavy atom. The van der Waals surface area contributed by atoms with E-state index < -0.39 is 0 Å². The summed E-state index contributed by atoms with van der Waals surface area (Å²) in [6.45, 7) is 3.05. The number of hydrogen-bond acceptors (Lipinski definition) is 2. The molecule has 1 rings (SSSR count). The van der Waals surface area contributed by atoms with Crippen LogP contribution < -0.4 is 0 Å². The Labute approximate surface area is 91.6 Å². The molecule has 0 saturated carbocycles. The van der Waals surface area contributed by atoms with Gasteiger partial charge in [0.15, 0.2) is 9.76 Å². The summed E-state index contributed by atoms with van der Waals surface area (Å²) < 4.78 is 2.35. The molecule has 3 nitrogen and oxygen atoms in total. The fourth-order valence-electron chi connectivity index (χ4n) is 1.11. The average Bonchev–Trinajstić information content (AvgIpc) is 2.43. The second kappa shape index (κ2) is 5.60. The van der Waals surface area contributed by atoms with Gasteiger partial charge in [-0.3, -0.25) is 0 Å². The first-order valence-corrected chi connectivity index (χ1v) is 5.67. The minimum absolute atomic E-state index is 0.594. The first-order valence-electron chi connectivity index (χ1n) is 4.50. The van der Waals surface area contributed by atoms with Gasteiger partial charge in [-0.25, -0.2) is 4.68 Å². The SMILES string of the molecule is CCCCCCn1nnc(Br)c1Cl. The Morgan fingerprint density at radius 2 is 2.15 bits per heavy atom. The summed E-state index contributed by atoms with van der Waals surface area (Å²) in [5.41, 5.74) is 0. The van der Waals surface area contributed by atoms with Crippen LogP contribution in [0.2, 0.25) is 5.15 Å².